The van der Waals surface area contributed by atoms with Crippen LogP contribution in [0.3, 0.4) is 0 Å². The van der Waals surface area contributed by atoms with E-state index in [0.29, 0.717) is 18.6 Å². The van der Waals surface area contributed by atoms with Crippen LogP contribution < -0.4 is 5.32 Å². The highest BCUT2D eigenvalue weighted by atomic mass is 32.5. The highest BCUT2D eigenvalue weighted by Crippen LogP contribution is 3.02. The number of hydrogen-bond donors (Lipinski definition) is 2. The topological polar surface area (TPSA) is 32.3 Å². The van der Waals surface area contributed by atoms with E-state index >= 15 is 0 Å². The molecule has 0 aromatic heterocycles. The van der Waals surface area contributed by atoms with Gasteiger partial charge in [0, 0.05) is 12.2 Å². The van der Waals surface area contributed by atoms with E-state index in [1.807, 2.05) is 0 Å². The SMILES string of the molecule is C=CCC1(CNc2ccc(S(F)(F)(F)(F)F)cc2)C=CC=C1O. The molecule has 1 aliphatic carbocycles. The van der Waals surface area contributed by atoms with Crippen LogP contribution in [0.4, 0.5) is 25.1 Å². The molecule has 0 saturated carbocycles. The first-order valence-corrected chi connectivity index (χ1v) is 8.59. The number of hydrogen-bond acceptors (Lipinski definition) is 2. The molecule has 8 heteroatoms. The van der Waals surface area contributed by atoms with Crippen LogP contribution in [0.1, 0.15) is 6.42 Å². The predicted molar refractivity (Wildman–Crippen MR) is 83.4 cm³/mol. The van der Waals surface area contributed by atoms with Crippen LogP contribution >= 0.6 is 10.2 Å². The summed E-state index contributed by atoms with van der Waals surface area (Å²) >= 11 is 0. The smallest absolute Gasteiger partial charge is 0.310 e. The van der Waals surface area contributed by atoms with Crippen LogP contribution in [0.5, 0.6) is 0 Å². The Kier molecular flexibility index (Phi) is 3.60. The van der Waals surface area contributed by atoms with Crippen molar-refractivity contribution in [2.24, 2.45) is 5.41 Å². The Bertz CT molecular complexity index is 678. The van der Waals surface area contributed by atoms with Crippen molar-refractivity contribution in [1.82, 2.24) is 0 Å². The van der Waals surface area contributed by atoms with E-state index in [0.717, 1.165) is 12.1 Å². The number of aliphatic hydroxyl groups is 1. The van der Waals surface area contributed by atoms with E-state index in [2.05, 4.69) is 11.9 Å². The molecule has 1 aromatic rings. The zero-order valence-electron chi connectivity index (χ0n) is 12.0. The number of halogens is 5. The van der Waals surface area contributed by atoms with Gasteiger partial charge in [-0.15, -0.1) is 6.58 Å². The lowest BCUT2D eigenvalue weighted by Gasteiger charge is -2.40. The van der Waals surface area contributed by atoms with Crippen molar-refractivity contribution in [3.8, 4) is 0 Å². The summed E-state index contributed by atoms with van der Waals surface area (Å²) in [4.78, 5) is -1.93. The number of benzene rings is 1. The Morgan fingerprint density at radius 3 is 2.17 bits per heavy atom. The fourth-order valence-electron chi connectivity index (χ4n) is 2.32. The minimum atomic E-state index is -9.65. The minimum Gasteiger partial charge on any atom is -0.511 e. The fraction of sp³-hybridized carbons (Fsp3) is 0.200. The lowest BCUT2D eigenvalue weighted by Crippen LogP contribution is -2.28. The van der Waals surface area contributed by atoms with Gasteiger partial charge in [0.2, 0.25) is 0 Å². The van der Waals surface area contributed by atoms with Gasteiger partial charge in [-0.3, -0.25) is 0 Å². The van der Waals surface area contributed by atoms with E-state index < -0.39 is 20.5 Å². The third-order valence-electron chi connectivity index (χ3n) is 3.60. The summed E-state index contributed by atoms with van der Waals surface area (Å²) in [5, 5.41) is 12.8. The van der Waals surface area contributed by atoms with Crippen LogP contribution in [0.2, 0.25) is 0 Å². The molecule has 0 fully saturated rings. The van der Waals surface area contributed by atoms with Gasteiger partial charge in [-0.25, -0.2) is 0 Å². The van der Waals surface area contributed by atoms with Crippen molar-refractivity contribution < 1.29 is 24.5 Å². The summed E-state index contributed by atoms with van der Waals surface area (Å²) in [6, 6.07) is 2.58. The van der Waals surface area contributed by atoms with Crippen molar-refractivity contribution in [2.75, 3.05) is 11.9 Å². The van der Waals surface area contributed by atoms with Crippen molar-refractivity contribution in [3.63, 3.8) is 0 Å². The molecule has 0 spiro atoms. The first-order chi connectivity index (χ1) is 10.4. The normalized spacial score (nSPS) is 23.8. The second-order valence-corrected chi connectivity index (χ2v) is 7.82. The molecule has 1 aliphatic rings. The van der Waals surface area contributed by atoms with Crippen LogP contribution in [0.25, 0.3) is 0 Å². The quantitative estimate of drug-likeness (QED) is 0.463. The van der Waals surface area contributed by atoms with Crippen molar-refractivity contribution in [2.45, 2.75) is 11.3 Å². The average molecular weight is 353 g/mol. The number of allylic oxidation sites excluding steroid dienone is 3. The monoisotopic (exact) mass is 353 g/mol. The lowest BCUT2D eigenvalue weighted by atomic mass is 9.84. The van der Waals surface area contributed by atoms with Gasteiger partial charge in [0.25, 0.3) is 0 Å². The molecule has 0 bridgehead atoms. The first kappa shape index (κ1) is 17.4. The molecule has 128 valence electrons. The maximum absolute atomic E-state index is 12.6. The molecule has 0 saturated heterocycles. The Labute approximate surface area is 130 Å². The summed E-state index contributed by atoms with van der Waals surface area (Å²) < 4.78 is 63.2. The van der Waals surface area contributed by atoms with E-state index in [9.17, 15) is 24.5 Å². The summed E-state index contributed by atoms with van der Waals surface area (Å²) in [7, 11) is -9.65. The van der Waals surface area contributed by atoms with Gasteiger partial charge >= 0.3 is 10.2 Å². The van der Waals surface area contributed by atoms with Gasteiger partial charge in [0.05, 0.1) is 5.41 Å². The molecule has 1 atom stereocenters. The molecular formula is C15H16F5NOS. The molecule has 0 radical (unpaired) electrons. The first-order valence-electron chi connectivity index (χ1n) is 6.64. The number of rotatable bonds is 6. The van der Waals surface area contributed by atoms with Crippen LogP contribution in [-0.4, -0.2) is 11.7 Å². The fourth-order valence-corrected chi connectivity index (χ4v) is 2.97. The van der Waals surface area contributed by atoms with E-state index in [-0.39, 0.29) is 18.0 Å². The highest BCUT2D eigenvalue weighted by molar-refractivity contribution is 8.45. The van der Waals surface area contributed by atoms with Gasteiger partial charge < -0.3 is 10.4 Å². The maximum Gasteiger partial charge on any atom is 0.310 e. The summed E-state index contributed by atoms with van der Waals surface area (Å²) in [5.41, 5.74) is -0.493. The van der Waals surface area contributed by atoms with Crippen LogP contribution in [-0.2, 0) is 0 Å². The van der Waals surface area contributed by atoms with Crippen LogP contribution in [0.15, 0.2) is 65.8 Å². The Hall–Kier alpha value is -1.96. The summed E-state index contributed by atoms with van der Waals surface area (Å²) in [6.45, 7) is 3.80. The molecule has 2 nitrogen and oxygen atoms in total. The largest absolute Gasteiger partial charge is 0.511 e. The standard InChI is InChI=1S/C15H16F5NOS/c1-2-9-15(10-3-4-14(15)22)11-21-12-5-7-13(8-6-12)23(16,17,18,19)20/h2-8,10,21-22H,1,9,11H2. The van der Waals surface area contributed by atoms with Crippen molar-refractivity contribution in [3.05, 3.63) is 60.9 Å². The number of anilines is 1. The molecule has 1 aromatic carbocycles. The van der Waals surface area contributed by atoms with Crippen molar-refractivity contribution in [1.29, 1.82) is 0 Å². The van der Waals surface area contributed by atoms with E-state index in [1.54, 1.807) is 18.2 Å². The van der Waals surface area contributed by atoms with Gasteiger partial charge in [-0.1, -0.05) is 37.7 Å². The number of aliphatic hydroxyl groups excluding tert-OH is 1. The average Bonchev–Trinajstić information content (AvgIpc) is 2.77. The van der Waals surface area contributed by atoms with Gasteiger partial charge in [0.1, 0.15) is 10.7 Å². The molecule has 2 N–H and O–H groups in total. The molecular weight excluding hydrogens is 337 g/mol. The lowest BCUT2D eigenvalue weighted by molar-refractivity contribution is 0.286. The second-order valence-electron chi connectivity index (χ2n) is 5.41. The summed E-state index contributed by atoms with van der Waals surface area (Å²) in [6.07, 6.45) is 6.96. The van der Waals surface area contributed by atoms with Crippen molar-refractivity contribution >= 4 is 15.9 Å². The number of nitrogens with one attached hydrogen (secondary N) is 1. The minimum absolute atomic E-state index is 0.105. The van der Waals surface area contributed by atoms with E-state index in [1.165, 1.54) is 6.08 Å². The zero-order chi connectivity index (χ0) is 17.4. The van der Waals surface area contributed by atoms with Crippen LogP contribution in [0, 0.1) is 5.41 Å². The van der Waals surface area contributed by atoms with Gasteiger partial charge in [-0.2, -0.15) is 0 Å². The molecule has 23 heavy (non-hydrogen) atoms. The predicted octanol–water partition coefficient (Wildman–Crippen LogP) is 6.33. The van der Waals surface area contributed by atoms with Gasteiger partial charge in [-0.05, 0) is 36.8 Å². The highest BCUT2D eigenvalue weighted by Gasteiger charge is 2.65. The second kappa shape index (κ2) is 4.77. The Morgan fingerprint density at radius 1 is 1.13 bits per heavy atom. The molecule has 2 rings (SSSR count). The summed E-state index contributed by atoms with van der Waals surface area (Å²) in [5.74, 6) is 0.105. The van der Waals surface area contributed by atoms with Gasteiger partial charge in [0.15, 0.2) is 0 Å². The van der Waals surface area contributed by atoms with E-state index in [4.69, 9.17) is 0 Å². The third-order valence-corrected chi connectivity index (χ3v) is 4.76. The molecule has 1 unspecified atom stereocenters. The Balaban J connectivity index is 2.15. The third kappa shape index (κ3) is 3.87. The molecule has 0 heterocycles. The molecule has 0 aliphatic heterocycles. The molecule has 0 amide bonds. The Morgan fingerprint density at radius 2 is 1.74 bits per heavy atom. The zero-order valence-corrected chi connectivity index (χ0v) is 12.8. The maximum atomic E-state index is 12.6.